The number of nitrogens with zero attached hydrogens (tertiary/aromatic N) is 2. The van der Waals surface area contributed by atoms with Crippen molar-refractivity contribution < 1.29 is 14.3 Å². The normalized spacial score (nSPS) is 16.7. The third kappa shape index (κ3) is 3.94. The molecule has 0 aliphatic carbocycles. The van der Waals surface area contributed by atoms with Crippen LogP contribution in [0.1, 0.15) is 19.4 Å². The van der Waals surface area contributed by atoms with Crippen molar-refractivity contribution in [2.75, 3.05) is 20.3 Å². The number of fused-ring (bicyclic) bond motifs is 1. The smallest absolute Gasteiger partial charge is 0.265 e. The molecule has 3 rings (SSSR count). The molecule has 7 heteroatoms. The summed E-state index contributed by atoms with van der Waals surface area (Å²) in [5, 5.41) is 3.71. The van der Waals surface area contributed by atoms with Crippen LogP contribution < -0.4 is 5.32 Å². The third-order valence-corrected chi connectivity index (χ3v) is 4.71. The molecule has 2 aromatic rings. The molecule has 1 aliphatic heterocycles. The first-order valence-corrected chi connectivity index (χ1v) is 9.29. The van der Waals surface area contributed by atoms with Crippen LogP contribution in [-0.4, -0.2) is 46.7 Å². The van der Waals surface area contributed by atoms with Crippen molar-refractivity contribution in [1.82, 2.24) is 14.8 Å². The van der Waals surface area contributed by atoms with Gasteiger partial charge in [-0.3, -0.25) is 19.8 Å². The van der Waals surface area contributed by atoms with Crippen molar-refractivity contribution in [2.45, 2.75) is 20.4 Å². The maximum absolute atomic E-state index is 12.8. The first-order valence-electron chi connectivity index (χ1n) is 8.88. The molecule has 142 valence electrons. The van der Waals surface area contributed by atoms with Crippen molar-refractivity contribution >= 4 is 46.1 Å². The van der Waals surface area contributed by atoms with Gasteiger partial charge in [-0.1, -0.05) is 32.0 Å². The van der Waals surface area contributed by atoms with E-state index in [1.807, 2.05) is 30.5 Å². The Kier molecular flexibility index (Phi) is 5.72. The van der Waals surface area contributed by atoms with Crippen LogP contribution in [0, 0.1) is 5.92 Å². The molecule has 0 saturated carbocycles. The quantitative estimate of drug-likeness (QED) is 0.472. The second-order valence-corrected chi connectivity index (χ2v) is 7.30. The molecule has 27 heavy (non-hydrogen) atoms. The van der Waals surface area contributed by atoms with Crippen LogP contribution in [0.4, 0.5) is 0 Å². The largest absolute Gasteiger partial charge is 0.383 e. The molecule has 1 aliphatic rings. The zero-order chi connectivity index (χ0) is 19.6. The lowest BCUT2D eigenvalue weighted by Gasteiger charge is -2.28. The number of thiocarbonyl (C=S) groups is 1. The van der Waals surface area contributed by atoms with E-state index in [9.17, 15) is 9.59 Å². The van der Waals surface area contributed by atoms with E-state index in [0.29, 0.717) is 19.1 Å². The second kappa shape index (κ2) is 8.02. The Morgan fingerprint density at radius 2 is 2.00 bits per heavy atom. The fourth-order valence-electron chi connectivity index (χ4n) is 3.17. The molecule has 0 bridgehead atoms. The summed E-state index contributed by atoms with van der Waals surface area (Å²) in [6.45, 7) is 5.79. The molecule has 2 heterocycles. The average molecular weight is 385 g/mol. The van der Waals surface area contributed by atoms with E-state index in [4.69, 9.17) is 17.0 Å². The van der Waals surface area contributed by atoms with Crippen molar-refractivity contribution in [3.8, 4) is 0 Å². The van der Waals surface area contributed by atoms with Gasteiger partial charge in [-0.2, -0.15) is 0 Å². The molecule has 0 unspecified atom stereocenters. The van der Waals surface area contributed by atoms with Gasteiger partial charge >= 0.3 is 0 Å². The Bertz CT molecular complexity index is 930. The predicted octanol–water partition coefficient (Wildman–Crippen LogP) is 2.57. The van der Waals surface area contributed by atoms with E-state index in [2.05, 4.69) is 23.7 Å². The van der Waals surface area contributed by atoms with Gasteiger partial charge < -0.3 is 9.30 Å². The molecule has 1 N–H and O–H groups in total. The van der Waals surface area contributed by atoms with Gasteiger partial charge in [-0.25, -0.2) is 0 Å². The predicted molar refractivity (Wildman–Crippen MR) is 109 cm³/mol. The number of para-hydroxylation sites is 1. The summed E-state index contributed by atoms with van der Waals surface area (Å²) in [4.78, 5) is 26.6. The maximum Gasteiger partial charge on any atom is 0.265 e. The molecule has 2 amide bonds. The lowest BCUT2D eigenvalue weighted by molar-refractivity contribution is -0.129. The molecule has 1 aromatic carbocycles. The fourth-order valence-corrected chi connectivity index (χ4v) is 3.44. The number of ether oxygens (including phenoxy) is 1. The summed E-state index contributed by atoms with van der Waals surface area (Å²) in [7, 11) is 1.55. The summed E-state index contributed by atoms with van der Waals surface area (Å²) in [6.07, 6.45) is 3.64. The molecule has 0 radical (unpaired) electrons. The Morgan fingerprint density at radius 1 is 1.26 bits per heavy atom. The zero-order valence-electron chi connectivity index (χ0n) is 15.7. The minimum atomic E-state index is -0.473. The number of amides is 2. The zero-order valence-corrected chi connectivity index (χ0v) is 16.5. The van der Waals surface area contributed by atoms with E-state index in [1.165, 1.54) is 4.90 Å². The number of methoxy groups -OCH3 is 1. The first kappa shape index (κ1) is 19.3. The monoisotopic (exact) mass is 385 g/mol. The summed E-state index contributed by atoms with van der Waals surface area (Å²) in [5.41, 5.74) is 1.99. The van der Waals surface area contributed by atoms with Gasteiger partial charge in [-0.15, -0.1) is 0 Å². The van der Waals surface area contributed by atoms with Gasteiger partial charge in [0.25, 0.3) is 11.8 Å². The molecule has 1 fully saturated rings. The van der Waals surface area contributed by atoms with Crippen molar-refractivity contribution in [3.05, 3.63) is 41.6 Å². The summed E-state index contributed by atoms with van der Waals surface area (Å²) < 4.78 is 7.19. The molecular weight excluding hydrogens is 362 g/mol. The Morgan fingerprint density at radius 3 is 2.70 bits per heavy atom. The minimum Gasteiger partial charge on any atom is -0.383 e. The van der Waals surface area contributed by atoms with Crippen LogP contribution in [0.3, 0.4) is 0 Å². The lowest BCUT2D eigenvalue weighted by atomic mass is 10.1. The SMILES string of the molecule is COCCN1C(=O)C(=Cc2cn(CC(C)C)c3ccccc23)C(=O)NC1=S. The number of aromatic nitrogens is 1. The average Bonchev–Trinajstić information content (AvgIpc) is 2.95. The Labute approximate surface area is 163 Å². The second-order valence-electron chi connectivity index (χ2n) is 6.91. The lowest BCUT2D eigenvalue weighted by Crippen LogP contribution is -2.54. The van der Waals surface area contributed by atoms with E-state index in [0.717, 1.165) is 23.0 Å². The number of rotatable bonds is 6. The van der Waals surface area contributed by atoms with E-state index < -0.39 is 11.8 Å². The number of carbonyl (C=O) groups is 2. The third-order valence-electron chi connectivity index (χ3n) is 4.39. The van der Waals surface area contributed by atoms with Crippen LogP contribution in [0.5, 0.6) is 0 Å². The van der Waals surface area contributed by atoms with Crippen LogP contribution in [-0.2, 0) is 20.9 Å². The number of hydrogen-bond acceptors (Lipinski definition) is 4. The molecule has 0 spiro atoms. The minimum absolute atomic E-state index is 0.0761. The van der Waals surface area contributed by atoms with E-state index in [1.54, 1.807) is 13.2 Å². The fraction of sp³-hybridized carbons (Fsp3) is 0.350. The van der Waals surface area contributed by atoms with E-state index in [-0.39, 0.29) is 10.7 Å². The highest BCUT2D eigenvalue weighted by molar-refractivity contribution is 7.80. The van der Waals surface area contributed by atoms with Gasteiger partial charge in [0.1, 0.15) is 5.57 Å². The van der Waals surface area contributed by atoms with Crippen LogP contribution in [0.15, 0.2) is 36.0 Å². The van der Waals surface area contributed by atoms with Crippen molar-refractivity contribution in [3.63, 3.8) is 0 Å². The van der Waals surface area contributed by atoms with Gasteiger partial charge in [-0.05, 0) is 30.3 Å². The highest BCUT2D eigenvalue weighted by Crippen LogP contribution is 2.25. The number of carbonyl (C=O) groups excluding carboxylic acids is 2. The topological polar surface area (TPSA) is 63.6 Å². The molecule has 1 saturated heterocycles. The van der Waals surface area contributed by atoms with Crippen molar-refractivity contribution in [1.29, 1.82) is 0 Å². The Balaban J connectivity index is 2.03. The van der Waals surface area contributed by atoms with Gasteiger partial charge in [0.05, 0.1) is 13.2 Å². The molecule has 6 nitrogen and oxygen atoms in total. The van der Waals surface area contributed by atoms with Crippen LogP contribution in [0.2, 0.25) is 0 Å². The van der Waals surface area contributed by atoms with Crippen molar-refractivity contribution in [2.24, 2.45) is 5.92 Å². The molecule has 1 aromatic heterocycles. The molecular formula is C20H23N3O3S. The summed E-state index contributed by atoms with van der Waals surface area (Å²) >= 11 is 5.13. The summed E-state index contributed by atoms with van der Waals surface area (Å²) in [6, 6.07) is 7.98. The standard InChI is InChI=1S/C20H23N3O3S/c1-13(2)11-22-12-14(15-6-4-5-7-17(15)22)10-16-18(24)21-20(27)23(19(16)25)8-9-26-3/h4-7,10,12-13H,8-9,11H2,1-3H3,(H,21,24,27). The van der Waals surface area contributed by atoms with E-state index >= 15 is 0 Å². The Hall–Kier alpha value is -2.51. The number of benzene rings is 1. The van der Waals surface area contributed by atoms with Gasteiger partial charge in [0, 0.05) is 36.3 Å². The van der Waals surface area contributed by atoms with Gasteiger partial charge in [0.15, 0.2) is 5.11 Å². The maximum atomic E-state index is 12.8. The molecule has 0 atom stereocenters. The highest BCUT2D eigenvalue weighted by atomic mass is 32.1. The van der Waals surface area contributed by atoms with Gasteiger partial charge in [0.2, 0.25) is 0 Å². The number of hydrogen-bond donors (Lipinski definition) is 1. The number of nitrogens with one attached hydrogen (secondary N) is 1. The van der Waals surface area contributed by atoms with Crippen LogP contribution >= 0.6 is 12.2 Å². The van der Waals surface area contributed by atoms with Crippen LogP contribution in [0.25, 0.3) is 17.0 Å². The summed E-state index contributed by atoms with van der Waals surface area (Å²) in [5.74, 6) is -0.399. The highest BCUT2D eigenvalue weighted by Gasteiger charge is 2.33. The first-order chi connectivity index (χ1) is 12.9.